The first kappa shape index (κ1) is 22.1. The van der Waals surface area contributed by atoms with Gasteiger partial charge in [0.15, 0.2) is 11.5 Å². The van der Waals surface area contributed by atoms with Crippen LogP contribution in [0.25, 0.3) is 5.65 Å². The van der Waals surface area contributed by atoms with Crippen LogP contribution in [0.2, 0.25) is 0 Å². The lowest BCUT2D eigenvalue weighted by atomic mass is 9.85. The van der Waals surface area contributed by atoms with Gasteiger partial charge in [-0.05, 0) is 43.5 Å². The molecule has 0 amide bonds. The number of alkyl halides is 3. The summed E-state index contributed by atoms with van der Waals surface area (Å²) in [6.07, 6.45) is 1.82. The lowest BCUT2D eigenvalue weighted by molar-refractivity contribution is -0.137. The Balaban J connectivity index is 1.39. The minimum atomic E-state index is -4.57. The van der Waals surface area contributed by atoms with Crippen molar-refractivity contribution in [2.75, 3.05) is 17.3 Å². The molecule has 1 N–H and O–H groups in total. The van der Waals surface area contributed by atoms with Gasteiger partial charge >= 0.3 is 6.18 Å². The molecule has 3 aromatic heterocycles. The highest BCUT2D eigenvalue weighted by molar-refractivity contribution is 5.63. The number of rotatable bonds is 5. The molecule has 0 saturated heterocycles. The molecule has 2 atom stereocenters. The SMILES string of the molecule is CN(c1ccccc1)c1nc(N[C@@H]2CCC[C@H](c3nnc4ccccn34)C2)ncc1C(F)(F)F. The fraction of sp³-hybridized carbons (Fsp3) is 0.333. The van der Waals surface area contributed by atoms with Crippen LogP contribution in [-0.4, -0.2) is 37.7 Å². The smallest absolute Gasteiger partial charge is 0.351 e. The average Bonchev–Trinajstić information content (AvgIpc) is 3.28. The molecule has 0 unspecified atom stereocenters. The summed E-state index contributed by atoms with van der Waals surface area (Å²) in [5.41, 5.74) is 0.530. The topological polar surface area (TPSA) is 71.2 Å². The number of pyridine rings is 1. The zero-order valence-corrected chi connectivity index (χ0v) is 18.6. The standard InChI is InChI=1S/C24H24F3N7/c1-33(18-10-3-2-4-11-18)22-19(24(25,26)27)15-28-23(30-22)29-17-9-7-8-16(14-17)21-32-31-20-12-5-6-13-34(20)21/h2-6,10-13,15-17H,7-9,14H2,1H3,(H,28,29,30)/t16-,17+/m0/s1. The van der Waals surface area contributed by atoms with Crippen molar-refractivity contribution in [1.82, 2.24) is 24.6 Å². The normalized spacial score (nSPS) is 18.7. The minimum Gasteiger partial charge on any atom is -0.351 e. The van der Waals surface area contributed by atoms with E-state index < -0.39 is 11.7 Å². The maximum absolute atomic E-state index is 13.7. The van der Waals surface area contributed by atoms with Gasteiger partial charge in [0.25, 0.3) is 0 Å². The summed E-state index contributed by atoms with van der Waals surface area (Å²) in [5.74, 6) is 1.08. The van der Waals surface area contributed by atoms with Gasteiger partial charge < -0.3 is 10.2 Å². The van der Waals surface area contributed by atoms with E-state index in [1.807, 2.05) is 34.9 Å². The monoisotopic (exact) mass is 467 g/mol. The Morgan fingerprint density at radius 3 is 2.62 bits per heavy atom. The first-order chi connectivity index (χ1) is 16.4. The highest BCUT2D eigenvalue weighted by Gasteiger charge is 2.37. The van der Waals surface area contributed by atoms with E-state index in [0.29, 0.717) is 5.69 Å². The van der Waals surface area contributed by atoms with E-state index >= 15 is 0 Å². The molecule has 7 nitrogen and oxygen atoms in total. The summed E-state index contributed by atoms with van der Waals surface area (Å²) < 4.78 is 43.1. The Morgan fingerprint density at radius 1 is 1.03 bits per heavy atom. The molecule has 4 aromatic rings. The van der Waals surface area contributed by atoms with Gasteiger partial charge in [0.05, 0.1) is 0 Å². The minimum absolute atomic E-state index is 0.0152. The van der Waals surface area contributed by atoms with Gasteiger partial charge in [-0.3, -0.25) is 4.40 Å². The molecule has 0 bridgehead atoms. The second-order valence-corrected chi connectivity index (χ2v) is 8.52. The van der Waals surface area contributed by atoms with Crippen LogP contribution in [0.15, 0.2) is 60.9 Å². The third-order valence-electron chi connectivity index (χ3n) is 6.25. The third-order valence-corrected chi connectivity index (χ3v) is 6.25. The van der Waals surface area contributed by atoms with Crippen LogP contribution >= 0.6 is 0 Å². The van der Waals surface area contributed by atoms with Crippen LogP contribution in [0.4, 0.5) is 30.6 Å². The van der Waals surface area contributed by atoms with Crippen molar-refractivity contribution in [3.8, 4) is 0 Å². The largest absolute Gasteiger partial charge is 0.421 e. The van der Waals surface area contributed by atoms with Crippen molar-refractivity contribution in [3.63, 3.8) is 0 Å². The predicted octanol–water partition coefficient (Wildman–Crippen LogP) is 5.44. The van der Waals surface area contributed by atoms with Gasteiger partial charge in [0, 0.05) is 37.1 Å². The van der Waals surface area contributed by atoms with Gasteiger partial charge in [-0.2, -0.15) is 18.2 Å². The fourth-order valence-corrected chi connectivity index (χ4v) is 4.55. The maximum atomic E-state index is 13.7. The summed E-state index contributed by atoms with van der Waals surface area (Å²) >= 11 is 0. The van der Waals surface area contributed by atoms with Crippen molar-refractivity contribution >= 4 is 23.1 Å². The second-order valence-electron chi connectivity index (χ2n) is 8.52. The van der Waals surface area contributed by atoms with Crippen LogP contribution < -0.4 is 10.2 Å². The quantitative estimate of drug-likeness (QED) is 0.421. The van der Waals surface area contributed by atoms with E-state index in [-0.39, 0.29) is 23.7 Å². The fourth-order valence-electron chi connectivity index (χ4n) is 4.55. The molecule has 34 heavy (non-hydrogen) atoms. The van der Waals surface area contributed by atoms with Gasteiger partial charge in [0.2, 0.25) is 5.95 Å². The molecule has 0 radical (unpaired) electrons. The van der Waals surface area contributed by atoms with Gasteiger partial charge in [-0.25, -0.2) is 4.98 Å². The number of benzene rings is 1. The van der Waals surface area contributed by atoms with Crippen LogP contribution in [-0.2, 0) is 6.18 Å². The molecule has 1 aliphatic rings. The number of nitrogens with zero attached hydrogens (tertiary/aromatic N) is 6. The molecule has 0 spiro atoms. The molecule has 1 aliphatic carbocycles. The lowest BCUT2D eigenvalue weighted by Crippen LogP contribution is -2.29. The third kappa shape index (κ3) is 4.40. The van der Waals surface area contributed by atoms with E-state index in [4.69, 9.17) is 0 Å². The number of halogens is 3. The molecule has 3 heterocycles. The van der Waals surface area contributed by atoms with E-state index in [2.05, 4.69) is 25.5 Å². The van der Waals surface area contributed by atoms with Crippen molar-refractivity contribution in [2.45, 2.75) is 43.8 Å². The van der Waals surface area contributed by atoms with Gasteiger partial charge in [-0.15, -0.1) is 10.2 Å². The first-order valence-corrected chi connectivity index (χ1v) is 11.2. The number of aromatic nitrogens is 5. The van der Waals surface area contributed by atoms with E-state index in [1.165, 1.54) is 4.90 Å². The maximum Gasteiger partial charge on any atom is 0.421 e. The van der Waals surface area contributed by atoms with Crippen LogP contribution in [0.5, 0.6) is 0 Å². The van der Waals surface area contributed by atoms with Crippen molar-refractivity contribution in [2.24, 2.45) is 0 Å². The van der Waals surface area contributed by atoms with E-state index in [9.17, 15) is 13.2 Å². The van der Waals surface area contributed by atoms with Crippen LogP contribution in [0, 0.1) is 0 Å². The zero-order valence-electron chi connectivity index (χ0n) is 18.6. The molecular weight excluding hydrogens is 443 g/mol. The lowest BCUT2D eigenvalue weighted by Gasteiger charge is -2.29. The Bertz CT molecular complexity index is 1270. The second kappa shape index (κ2) is 8.92. The number of para-hydroxylation sites is 1. The number of hydrogen-bond donors (Lipinski definition) is 1. The number of fused-ring (bicyclic) bond motifs is 1. The summed E-state index contributed by atoms with van der Waals surface area (Å²) in [4.78, 5) is 9.74. The van der Waals surface area contributed by atoms with Gasteiger partial charge in [0.1, 0.15) is 11.4 Å². The highest BCUT2D eigenvalue weighted by Crippen LogP contribution is 2.38. The van der Waals surface area contributed by atoms with E-state index in [1.54, 1.807) is 31.3 Å². The van der Waals surface area contributed by atoms with Crippen molar-refractivity contribution in [1.29, 1.82) is 0 Å². The van der Waals surface area contributed by atoms with Crippen molar-refractivity contribution in [3.05, 3.63) is 72.3 Å². The Hall–Kier alpha value is -3.69. The number of anilines is 3. The predicted molar refractivity (Wildman–Crippen MR) is 123 cm³/mol. The molecule has 10 heteroatoms. The van der Waals surface area contributed by atoms with Gasteiger partial charge in [-0.1, -0.05) is 30.7 Å². The number of nitrogens with one attached hydrogen (secondary N) is 1. The first-order valence-electron chi connectivity index (χ1n) is 11.2. The Labute approximate surface area is 194 Å². The molecule has 0 aliphatic heterocycles. The van der Waals surface area contributed by atoms with E-state index in [0.717, 1.165) is 43.4 Å². The highest BCUT2D eigenvalue weighted by atomic mass is 19.4. The summed E-state index contributed by atoms with van der Waals surface area (Å²) in [6, 6.07) is 14.6. The molecule has 1 saturated carbocycles. The molecule has 1 fully saturated rings. The molecule has 5 rings (SSSR count). The Morgan fingerprint density at radius 2 is 1.82 bits per heavy atom. The molecule has 176 valence electrons. The van der Waals surface area contributed by atoms with Crippen LogP contribution in [0.3, 0.4) is 0 Å². The Kier molecular flexibility index (Phi) is 5.80. The summed E-state index contributed by atoms with van der Waals surface area (Å²) in [6.45, 7) is 0. The summed E-state index contributed by atoms with van der Waals surface area (Å²) in [5, 5.41) is 11.9. The number of hydrogen-bond acceptors (Lipinski definition) is 6. The van der Waals surface area contributed by atoms with Crippen LogP contribution in [0.1, 0.15) is 43.0 Å². The molecule has 1 aromatic carbocycles. The van der Waals surface area contributed by atoms with Crippen molar-refractivity contribution < 1.29 is 13.2 Å². The average molecular weight is 467 g/mol. The molecular formula is C24H24F3N7. The summed E-state index contributed by atoms with van der Waals surface area (Å²) in [7, 11) is 1.57. The zero-order chi connectivity index (χ0) is 23.7.